The van der Waals surface area contributed by atoms with E-state index in [1.807, 2.05) is 11.9 Å². The van der Waals surface area contributed by atoms with Gasteiger partial charge in [0.15, 0.2) is 0 Å². The molecule has 0 aliphatic rings. The predicted octanol–water partition coefficient (Wildman–Crippen LogP) is 0.438. The summed E-state index contributed by atoms with van der Waals surface area (Å²) in [5, 5.41) is 8.88. The second-order valence-corrected chi connectivity index (χ2v) is 2.11. The van der Waals surface area contributed by atoms with E-state index >= 15 is 0 Å². The topological polar surface area (TPSA) is 23.5 Å². The first-order valence-electron chi connectivity index (χ1n) is 3.06. The molecule has 0 atom stereocenters. The Kier molecular flexibility index (Phi) is 3.92. The van der Waals surface area contributed by atoms with Gasteiger partial charge in [0, 0.05) is 0 Å². The molecule has 0 rings (SSSR count). The van der Waals surface area contributed by atoms with Gasteiger partial charge in [0.25, 0.3) is 0 Å². The number of hydrogen-bond donors (Lipinski definition) is 1. The van der Waals surface area contributed by atoms with E-state index in [2.05, 4.69) is 6.92 Å². The number of rotatable bonds is 3. The highest BCUT2D eigenvalue weighted by Crippen LogP contribution is 1.87. The Balaban J connectivity index is 3.17. The zero-order valence-corrected chi connectivity index (χ0v) is 5.89. The molecule has 3 heteroatoms. The van der Waals surface area contributed by atoms with Crippen molar-refractivity contribution in [3.63, 3.8) is 0 Å². The Morgan fingerprint density at radius 2 is 2.12 bits per heavy atom. The normalized spacial score (nSPS) is 10.1. The molecule has 2 nitrogen and oxygen atoms in total. The average molecular weight is 115 g/mol. The van der Waals surface area contributed by atoms with E-state index in [0.717, 1.165) is 13.0 Å². The standard InChI is InChI=1S/C5H14BNO/c1-4-5-7(3)6(2)8/h8H,4-5H2,1-3H3. The summed E-state index contributed by atoms with van der Waals surface area (Å²) in [6.07, 6.45) is 1.10. The van der Waals surface area contributed by atoms with Gasteiger partial charge in [0.05, 0.1) is 0 Å². The van der Waals surface area contributed by atoms with Crippen LogP contribution < -0.4 is 0 Å². The van der Waals surface area contributed by atoms with Gasteiger partial charge in [0.2, 0.25) is 0 Å². The lowest BCUT2D eigenvalue weighted by atomic mass is 9.86. The second kappa shape index (κ2) is 3.92. The maximum atomic E-state index is 8.88. The monoisotopic (exact) mass is 115 g/mol. The van der Waals surface area contributed by atoms with E-state index in [4.69, 9.17) is 5.02 Å². The molecule has 0 aliphatic carbocycles. The predicted molar refractivity (Wildman–Crippen MR) is 36.8 cm³/mol. The first kappa shape index (κ1) is 7.98. The summed E-state index contributed by atoms with van der Waals surface area (Å²) in [6.45, 7) is 4.84. The van der Waals surface area contributed by atoms with E-state index in [1.165, 1.54) is 0 Å². The fourth-order valence-corrected chi connectivity index (χ4v) is 0.540. The smallest absolute Gasteiger partial charge is 0.376 e. The van der Waals surface area contributed by atoms with Crippen molar-refractivity contribution in [2.45, 2.75) is 20.2 Å². The highest BCUT2D eigenvalue weighted by atomic mass is 16.2. The molecule has 0 aliphatic heterocycles. The SMILES string of the molecule is CCCN(C)B(C)O. The van der Waals surface area contributed by atoms with Crippen molar-refractivity contribution >= 4 is 7.05 Å². The van der Waals surface area contributed by atoms with E-state index < -0.39 is 0 Å². The van der Waals surface area contributed by atoms with Crippen LogP contribution in [0.15, 0.2) is 0 Å². The summed E-state index contributed by atoms with van der Waals surface area (Å²) in [5.74, 6) is 0. The van der Waals surface area contributed by atoms with Crippen molar-refractivity contribution in [2.24, 2.45) is 0 Å². The Morgan fingerprint density at radius 1 is 1.62 bits per heavy atom. The Labute approximate surface area is 51.6 Å². The molecule has 0 aromatic heterocycles. The van der Waals surface area contributed by atoms with Crippen LogP contribution in [0.25, 0.3) is 0 Å². The maximum Gasteiger partial charge on any atom is 0.376 e. The molecule has 8 heavy (non-hydrogen) atoms. The van der Waals surface area contributed by atoms with Crippen LogP contribution in [0.4, 0.5) is 0 Å². The first-order chi connectivity index (χ1) is 3.68. The van der Waals surface area contributed by atoms with E-state index in [-0.39, 0.29) is 7.05 Å². The summed E-state index contributed by atoms with van der Waals surface area (Å²) in [7, 11) is 1.61. The third-order valence-corrected chi connectivity index (χ3v) is 1.21. The molecule has 0 aromatic rings. The molecule has 0 aromatic carbocycles. The van der Waals surface area contributed by atoms with Gasteiger partial charge in [-0.3, -0.25) is 0 Å². The van der Waals surface area contributed by atoms with Crippen LogP contribution >= 0.6 is 0 Å². The molecule has 0 amide bonds. The van der Waals surface area contributed by atoms with Gasteiger partial charge in [0.1, 0.15) is 0 Å². The van der Waals surface area contributed by atoms with Crippen LogP contribution in [0.3, 0.4) is 0 Å². The van der Waals surface area contributed by atoms with Crippen molar-refractivity contribution in [3.8, 4) is 0 Å². The van der Waals surface area contributed by atoms with Crippen molar-refractivity contribution in [1.82, 2.24) is 4.81 Å². The molecule has 0 unspecified atom stereocenters. The van der Waals surface area contributed by atoms with Gasteiger partial charge in [-0.15, -0.1) is 0 Å². The van der Waals surface area contributed by atoms with Crippen molar-refractivity contribution in [3.05, 3.63) is 0 Å². The summed E-state index contributed by atoms with van der Waals surface area (Å²) >= 11 is 0. The molecular weight excluding hydrogens is 101 g/mol. The van der Waals surface area contributed by atoms with E-state index in [0.29, 0.717) is 0 Å². The molecule has 0 spiro atoms. The summed E-state index contributed by atoms with van der Waals surface area (Å²) < 4.78 is 0. The van der Waals surface area contributed by atoms with E-state index in [9.17, 15) is 0 Å². The fraction of sp³-hybridized carbons (Fsp3) is 1.00. The van der Waals surface area contributed by atoms with Gasteiger partial charge < -0.3 is 9.83 Å². The van der Waals surface area contributed by atoms with Crippen LogP contribution in [0, 0.1) is 0 Å². The minimum absolute atomic E-state index is 0.296. The van der Waals surface area contributed by atoms with Gasteiger partial charge in [-0.05, 0) is 26.8 Å². The van der Waals surface area contributed by atoms with Gasteiger partial charge >= 0.3 is 7.05 Å². The zero-order valence-electron chi connectivity index (χ0n) is 5.89. The highest BCUT2D eigenvalue weighted by molar-refractivity contribution is 6.45. The minimum Gasteiger partial charge on any atom is -0.437 e. The molecule has 0 fully saturated rings. The van der Waals surface area contributed by atoms with Crippen molar-refractivity contribution in [2.75, 3.05) is 13.6 Å². The van der Waals surface area contributed by atoms with E-state index in [1.54, 1.807) is 6.82 Å². The summed E-state index contributed by atoms with van der Waals surface area (Å²) in [6, 6.07) is 0. The van der Waals surface area contributed by atoms with Gasteiger partial charge in [-0.1, -0.05) is 6.92 Å². The summed E-state index contributed by atoms with van der Waals surface area (Å²) in [5.41, 5.74) is 0. The molecule has 0 bridgehead atoms. The lowest BCUT2D eigenvalue weighted by Gasteiger charge is -2.14. The highest BCUT2D eigenvalue weighted by Gasteiger charge is 2.07. The number of nitrogens with zero attached hydrogens (tertiary/aromatic N) is 1. The molecule has 0 saturated heterocycles. The third kappa shape index (κ3) is 3.05. The second-order valence-electron chi connectivity index (χ2n) is 2.11. The molecular formula is C5H14BNO. The minimum atomic E-state index is -0.296. The molecule has 0 radical (unpaired) electrons. The Hall–Kier alpha value is -0.0151. The van der Waals surface area contributed by atoms with Gasteiger partial charge in [-0.25, -0.2) is 0 Å². The van der Waals surface area contributed by atoms with Crippen LogP contribution in [-0.4, -0.2) is 30.5 Å². The van der Waals surface area contributed by atoms with Crippen LogP contribution in [0.5, 0.6) is 0 Å². The zero-order chi connectivity index (χ0) is 6.57. The largest absolute Gasteiger partial charge is 0.437 e. The molecule has 0 saturated carbocycles. The quantitative estimate of drug-likeness (QED) is 0.539. The molecule has 0 heterocycles. The lowest BCUT2D eigenvalue weighted by molar-refractivity contribution is 0.418. The van der Waals surface area contributed by atoms with Crippen molar-refractivity contribution < 1.29 is 5.02 Å². The molecule has 1 N–H and O–H groups in total. The molecule has 48 valence electrons. The maximum absolute atomic E-state index is 8.88. The Bertz CT molecular complexity index is 58.4. The first-order valence-corrected chi connectivity index (χ1v) is 3.06. The Morgan fingerprint density at radius 3 is 2.25 bits per heavy atom. The van der Waals surface area contributed by atoms with Crippen molar-refractivity contribution in [1.29, 1.82) is 0 Å². The van der Waals surface area contributed by atoms with Crippen LogP contribution in [0.2, 0.25) is 6.82 Å². The van der Waals surface area contributed by atoms with Gasteiger partial charge in [-0.2, -0.15) is 0 Å². The summed E-state index contributed by atoms with van der Waals surface area (Å²) in [4.78, 5) is 1.90. The third-order valence-electron chi connectivity index (χ3n) is 1.21. The average Bonchev–Trinajstić information content (AvgIpc) is 1.67. The fourth-order valence-electron chi connectivity index (χ4n) is 0.540. The lowest BCUT2D eigenvalue weighted by Crippen LogP contribution is -2.33. The number of hydrogen-bond acceptors (Lipinski definition) is 2. The van der Waals surface area contributed by atoms with Crippen LogP contribution in [-0.2, 0) is 0 Å². The van der Waals surface area contributed by atoms with Crippen LogP contribution in [0.1, 0.15) is 13.3 Å².